The Labute approximate surface area is 124 Å². The predicted octanol–water partition coefficient (Wildman–Crippen LogP) is 3.06. The van der Waals surface area contributed by atoms with Crippen molar-refractivity contribution < 1.29 is 9.53 Å². The lowest BCUT2D eigenvalue weighted by Gasteiger charge is -2.13. The van der Waals surface area contributed by atoms with E-state index in [1.807, 2.05) is 55.5 Å². The van der Waals surface area contributed by atoms with Crippen LogP contribution in [0.1, 0.15) is 12.5 Å². The monoisotopic (exact) mass is 282 g/mol. The summed E-state index contributed by atoms with van der Waals surface area (Å²) in [5, 5.41) is 6.19. The Hall–Kier alpha value is -2.49. The topological polar surface area (TPSA) is 50.4 Å². The molecule has 0 fully saturated rings. The normalized spacial score (nSPS) is 16.0. The highest BCUT2D eigenvalue weighted by atomic mass is 16.5. The molecule has 0 saturated heterocycles. The molecule has 0 bridgehead atoms. The van der Waals surface area contributed by atoms with Crippen LogP contribution in [0.4, 0.5) is 11.4 Å². The predicted molar refractivity (Wildman–Crippen MR) is 83.8 cm³/mol. The average Bonchev–Trinajstić information content (AvgIpc) is 2.92. The molecule has 1 heterocycles. The molecule has 21 heavy (non-hydrogen) atoms. The summed E-state index contributed by atoms with van der Waals surface area (Å²) >= 11 is 0. The van der Waals surface area contributed by atoms with Crippen LogP contribution in [-0.4, -0.2) is 18.6 Å². The highest BCUT2D eigenvalue weighted by Crippen LogP contribution is 2.26. The maximum atomic E-state index is 12.3. The van der Waals surface area contributed by atoms with Crippen molar-refractivity contribution in [2.24, 2.45) is 0 Å². The minimum absolute atomic E-state index is 0.0279. The molecule has 1 aliphatic heterocycles. The van der Waals surface area contributed by atoms with Gasteiger partial charge in [0.15, 0.2) is 0 Å². The molecule has 2 aromatic rings. The van der Waals surface area contributed by atoms with E-state index in [0.29, 0.717) is 13.0 Å². The lowest BCUT2D eigenvalue weighted by atomic mass is 10.1. The maximum Gasteiger partial charge on any atom is 0.247 e. The minimum Gasteiger partial charge on any atom is -0.494 e. The SMILES string of the molecule is CCOc1cccc(NC(=O)[C@@H]2Cc3ccccc3N2)c1. The summed E-state index contributed by atoms with van der Waals surface area (Å²) in [6.45, 7) is 2.54. The number of anilines is 2. The minimum atomic E-state index is -0.224. The lowest BCUT2D eigenvalue weighted by molar-refractivity contribution is -0.116. The summed E-state index contributed by atoms with van der Waals surface area (Å²) in [5.41, 5.74) is 2.98. The number of hydrogen-bond donors (Lipinski definition) is 2. The van der Waals surface area contributed by atoms with Crippen molar-refractivity contribution in [3.05, 3.63) is 54.1 Å². The third kappa shape index (κ3) is 2.99. The van der Waals surface area contributed by atoms with Crippen LogP contribution in [0.25, 0.3) is 0 Å². The van der Waals surface area contributed by atoms with Crippen molar-refractivity contribution >= 4 is 17.3 Å². The molecule has 3 rings (SSSR count). The van der Waals surface area contributed by atoms with Gasteiger partial charge in [-0.1, -0.05) is 24.3 Å². The average molecular weight is 282 g/mol. The Morgan fingerprint density at radius 3 is 2.95 bits per heavy atom. The van der Waals surface area contributed by atoms with Gasteiger partial charge in [-0.15, -0.1) is 0 Å². The van der Waals surface area contributed by atoms with Gasteiger partial charge in [-0.3, -0.25) is 4.79 Å². The van der Waals surface area contributed by atoms with Crippen LogP contribution in [0.3, 0.4) is 0 Å². The lowest BCUT2D eigenvalue weighted by Crippen LogP contribution is -2.32. The number of amides is 1. The summed E-state index contributed by atoms with van der Waals surface area (Å²) in [6, 6.07) is 15.2. The first-order valence-corrected chi connectivity index (χ1v) is 7.14. The standard InChI is InChI=1S/C17H18N2O2/c1-2-21-14-8-5-7-13(11-14)18-17(20)16-10-12-6-3-4-9-15(12)19-16/h3-9,11,16,19H,2,10H2,1H3,(H,18,20)/t16-/m0/s1. The third-order valence-electron chi connectivity index (χ3n) is 3.50. The number of nitrogens with one attached hydrogen (secondary N) is 2. The first-order chi connectivity index (χ1) is 10.3. The highest BCUT2D eigenvalue weighted by Gasteiger charge is 2.26. The summed E-state index contributed by atoms with van der Waals surface area (Å²) in [4.78, 5) is 12.3. The molecule has 4 heteroatoms. The first-order valence-electron chi connectivity index (χ1n) is 7.14. The van der Waals surface area contributed by atoms with Crippen molar-refractivity contribution in [3.8, 4) is 5.75 Å². The molecular weight excluding hydrogens is 264 g/mol. The zero-order chi connectivity index (χ0) is 14.7. The van der Waals surface area contributed by atoms with Crippen LogP contribution < -0.4 is 15.4 Å². The van der Waals surface area contributed by atoms with Gasteiger partial charge in [0.05, 0.1) is 6.61 Å². The van der Waals surface area contributed by atoms with Gasteiger partial charge in [-0.2, -0.15) is 0 Å². The number of hydrogen-bond acceptors (Lipinski definition) is 3. The second-order valence-electron chi connectivity index (χ2n) is 5.01. The van der Waals surface area contributed by atoms with Crippen molar-refractivity contribution in [3.63, 3.8) is 0 Å². The van der Waals surface area contributed by atoms with Crippen molar-refractivity contribution in [2.45, 2.75) is 19.4 Å². The molecule has 4 nitrogen and oxygen atoms in total. The number of ether oxygens (including phenoxy) is 1. The molecular formula is C17H18N2O2. The van der Waals surface area contributed by atoms with Gasteiger partial charge >= 0.3 is 0 Å². The molecule has 0 radical (unpaired) electrons. The van der Waals surface area contributed by atoms with Gasteiger partial charge in [0.2, 0.25) is 5.91 Å². The van der Waals surface area contributed by atoms with Crippen LogP contribution >= 0.6 is 0 Å². The third-order valence-corrected chi connectivity index (χ3v) is 3.50. The number of para-hydroxylation sites is 1. The molecule has 0 spiro atoms. The largest absolute Gasteiger partial charge is 0.494 e. The Kier molecular flexibility index (Phi) is 3.77. The fraction of sp³-hybridized carbons (Fsp3) is 0.235. The molecule has 0 unspecified atom stereocenters. The summed E-state index contributed by atoms with van der Waals surface area (Å²) in [6.07, 6.45) is 0.715. The maximum absolute atomic E-state index is 12.3. The summed E-state index contributed by atoms with van der Waals surface area (Å²) < 4.78 is 5.44. The smallest absolute Gasteiger partial charge is 0.247 e. The zero-order valence-electron chi connectivity index (χ0n) is 11.9. The van der Waals surface area contributed by atoms with E-state index in [1.165, 1.54) is 5.56 Å². The molecule has 2 aromatic carbocycles. The molecule has 1 atom stereocenters. The molecule has 108 valence electrons. The molecule has 0 aromatic heterocycles. The van der Waals surface area contributed by atoms with Gasteiger partial charge in [0.25, 0.3) is 0 Å². The van der Waals surface area contributed by atoms with E-state index in [4.69, 9.17) is 4.74 Å². The highest BCUT2D eigenvalue weighted by molar-refractivity contribution is 5.98. The number of carbonyl (C=O) groups is 1. The molecule has 1 amide bonds. The molecule has 0 aliphatic carbocycles. The van der Waals surface area contributed by atoms with Crippen LogP contribution in [0.5, 0.6) is 5.75 Å². The Bertz CT molecular complexity index is 630. The summed E-state index contributed by atoms with van der Waals surface area (Å²) in [5.74, 6) is 0.734. The van der Waals surface area contributed by atoms with E-state index < -0.39 is 0 Å². The van der Waals surface area contributed by atoms with E-state index in [0.717, 1.165) is 17.1 Å². The number of rotatable bonds is 4. The quantitative estimate of drug-likeness (QED) is 0.906. The fourth-order valence-corrected chi connectivity index (χ4v) is 2.52. The Balaban J connectivity index is 1.66. The molecule has 0 saturated carbocycles. The van der Waals surface area contributed by atoms with Gasteiger partial charge in [0.1, 0.15) is 11.8 Å². The Morgan fingerprint density at radius 1 is 1.29 bits per heavy atom. The fourth-order valence-electron chi connectivity index (χ4n) is 2.52. The second-order valence-corrected chi connectivity index (χ2v) is 5.01. The summed E-state index contributed by atoms with van der Waals surface area (Å²) in [7, 11) is 0. The first kappa shape index (κ1) is 13.5. The van der Waals surface area contributed by atoms with E-state index >= 15 is 0 Å². The number of benzene rings is 2. The van der Waals surface area contributed by atoms with E-state index in [2.05, 4.69) is 10.6 Å². The van der Waals surface area contributed by atoms with Gasteiger partial charge in [0, 0.05) is 23.9 Å². The molecule has 1 aliphatic rings. The Morgan fingerprint density at radius 2 is 2.14 bits per heavy atom. The van der Waals surface area contributed by atoms with Gasteiger partial charge in [-0.05, 0) is 30.7 Å². The van der Waals surface area contributed by atoms with Gasteiger partial charge < -0.3 is 15.4 Å². The van der Waals surface area contributed by atoms with Crippen LogP contribution in [0.2, 0.25) is 0 Å². The number of carbonyl (C=O) groups excluding carboxylic acids is 1. The zero-order valence-corrected chi connectivity index (χ0v) is 11.9. The van der Waals surface area contributed by atoms with Crippen molar-refractivity contribution in [1.82, 2.24) is 0 Å². The van der Waals surface area contributed by atoms with Crippen molar-refractivity contribution in [1.29, 1.82) is 0 Å². The van der Waals surface area contributed by atoms with Crippen LogP contribution in [0, 0.1) is 0 Å². The van der Waals surface area contributed by atoms with E-state index in [-0.39, 0.29) is 11.9 Å². The van der Waals surface area contributed by atoms with Gasteiger partial charge in [-0.25, -0.2) is 0 Å². The van der Waals surface area contributed by atoms with Crippen LogP contribution in [-0.2, 0) is 11.2 Å². The number of fused-ring (bicyclic) bond motifs is 1. The van der Waals surface area contributed by atoms with E-state index in [9.17, 15) is 4.79 Å². The van der Waals surface area contributed by atoms with Crippen molar-refractivity contribution in [2.75, 3.05) is 17.2 Å². The van der Waals surface area contributed by atoms with E-state index in [1.54, 1.807) is 0 Å². The molecule has 2 N–H and O–H groups in total. The second kappa shape index (κ2) is 5.87. The van der Waals surface area contributed by atoms with Crippen LogP contribution in [0.15, 0.2) is 48.5 Å².